The van der Waals surface area contributed by atoms with Gasteiger partial charge in [-0.2, -0.15) is 0 Å². The van der Waals surface area contributed by atoms with Crippen LogP contribution in [0, 0.1) is 5.82 Å². The van der Waals surface area contributed by atoms with E-state index >= 15 is 0 Å². The Morgan fingerprint density at radius 3 is 3.00 bits per heavy atom. The Labute approximate surface area is 110 Å². The average molecular weight is 260 g/mol. The van der Waals surface area contributed by atoms with E-state index in [0.29, 0.717) is 29.5 Å². The van der Waals surface area contributed by atoms with Gasteiger partial charge in [-0.1, -0.05) is 0 Å². The summed E-state index contributed by atoms with van der Waals surface area (Å²) in [6.07, 6.45) is 1.41. The third-order valence-electron chi connectivity index (χ3n) is 2.89. The van der Waals surface area contributed by atoms with Crippen molar-refractivity contribution in [3.05, 3.63) is 48.0 Å². The van der Waals surface area contributed by atoms with Crippen LogP contribution in [0.25, 0.3) is 0 Å². The van der Waals surface area contributed by atoms with E-state index in [1.807, 2.05) is 7.05 Å². The molecule has 1 atom stereocenters. The lowest BCUT2D eigenvalue weighted by atomic mass is 10.2. The van der Waals surface area contributed by atoms with Crippen molar-refractivity contribution in [1.82, 2.24) is 10.3 Å². The fraction of sp³-hybridized carbons (Fsp3) is 0.214. The van der Waals surface area contributed by atoms with Crippen molar-refractivity contribution < 1.29 is 13.9 Å². The number of ether oxygens (including phenoxy) is 2. The van der Waals surface area contributed by atoms with Gasteiger partial charge >= 0.3 is 0 Å². The molecule has 0 amide bonds. The second-order valence-corrected chi connectivity index (χ2v) is 4.24. The standard InChI is InChI=1S/C14H13FN2O2/c1-16-8-13-14-11(3-2-6-17-14)19-12-7-9(15)4-5-10(12)18-13/h2-7,13,16H,8H2,1H3/t13-/m1/s1. The lowest BCUT2D eigenvalue weighted by Gasteiger charge is -2.16. The fourth-order valence-corrected chi connectivity index (χ4v) is 2.04. The molecule has 0 saturated carbocycles. The highest BCUT2D eigenvalue weighted by molar-refractivity contribution is 5.47. The van der Waals surface area contributed by atoms with Gasteiger partial charge in [-0.05, 0) is 31.3 Å². The van der Waals surface area contributed by atoms with Crippen molar-refractivity contribution in [2.45, 2.75) is 6.10 Å². The quantitative estimate of drug-likeness (QED) is 0.901. The lowest BCUT2D eigenvalue weighted by Crippen LogP contribution is -2.22. The Morgan fingerprint density at radius 1 is 1.26 bits per heavy atom. The van der Waals surface area contributed by atoms with Gasteiger partial charge in [-0.25, -0.2) is 4.39 Å². The van der Waals surface area contributed by atoms with Crippen LogP contribution in [0.1, 0.15) is 11.8 Å². The number of hydrogen-bond donors (Lipinski definition) is 1. The van der Waals surface area contributed by atoms with Crippen LogP contribution in [0.3, 0.4) is 0 Å². The van der Waals surface area contributed by atoms with E-state index in [9.17, 15) is 4.39 Å². The number of rotatable bonds is 2. The van der Waals surface area contributed by atoms with Crippen LogP contribution in [0.4, 0.5) is 4.39 Å². The summed E-state index contributed by atoms with van der Waals surface area (Å²) >= 11 is 0. The number of pyridine rings is 1. The predicted octanol–water partition coefficient (Wildman–Crippen LogP) is 2.67. The van der Waals surface area contributed by atoms with Gasteiger partial charge in [0.05, 0.1) is 0 Å². The number of benzene rings is 1. The first-order chi connectivity index (χ1) is 9.28. The molecular weight excluding hydrogens is 247 g/mol. The fourth-order valence-electron chi connectivity index (χ4n) is 2.04. The smallest absolute Gasteiger partial charge is 0.172 e. The van der Waals surface area contributed by atoms with Gasteiger partial charge in [0, 0.05) is 18.8 Å². The van der Waals surface area contributed by atoms with Crippen molar-refractivity contribution in [3.63, 3.8) is 0 Å². The molecule has 2 aromatic rings. The molecule has 2 heterocycles. The number of nitrogens with zero attached hydrogens (tertiary/aromatic N) is 1. The van der Waals surface area contributed by atoms with Crippen molar-refractivity contribution in [3.8, 4) is 17.2 Å². The minimum atomic E-state index is -0.361. The van der Waals surface area contributed by atoms with Crippen molar-refractivity contribution in [1.29, 1.82) is 0 Å². The van der Waals surface area contributed by atoms with Gasteiger partial charge in [0.15, 0.2) is 23.4 Å². The molecule has 0 saturated heterocycles. The van der Waals surface area contributed by atoms with Crippen LogP contribution in [0.2, 0.25) is 0 Å². The maximum Gasteiger partial charge on any atom is 0.172 e. The lowest BCUT2D eigenvalue weighted by molar-refractivity contribution is 0.202. The summed E-state index contributed by atoms with van der Waals surface area (Å²) in [6, 6.07) is 7.81. The zero-order chi connectivity index (χ0) is 13.2. The van der Waals surface area contributed by atoms with E-state index in [4.69, 9.17) is 9.47 Å². The molecule has 1 aliphatic heterocycles. The number of aromatic nitrogens is 1. The van der Waals surface area contributed by atoms with Gasteiger partial charge in [-0.3, -0.25) is 4.98 Å². The largest absolute Gasteiger partial charge is 0.479 e. The number of hydrogen-bond acceptors (Lipinski definition) is 4. The van der Waals surface area contributed by atoms with E-state index in [1.165, 1.54) is 12.1 Å². The SMILES string of the molecule is CNC[C@H]1Oc2ccc(F)cc2Oc2cccnc21. The third-order valence-corrected chi connectivity index (χ3v) is 2.89. The Bertz CT molecular complexity index is 604. The molecule has 0 unspecified atom stereocenters. The van der Waals surface area contributed by atoms with Crippen molar-refractivity contribution >= 4 is 0 Å². The van der Waals surface area contributed by atoms with Gasteiger partial charge in [0.1, 0.15) is 11.5 Å². The first kappa shape index (κ1) is 11.9. The maximum atomic E-state index is 13.3. The molecule has 5 heteroatoms. The summed E-state index contributed by atoms with van der Waals surface area (Å²) in [4.78, 5) is 4.30. The predicted molar refractivity (Wildman–Crippen MR) is 68.0 cm³/mol. The first-order valence-corrected chi connectivity index (χ1v) is 6.01. The van der Waals surface area contributed by atoms with E-state index in [-0.39, 0.29) is 11.9 Å². The topological polar surface area (TPSA) is 43.4 Å². The average Bonchev–Trinajstić information content (AvgIpc) is 2.56. The molecule has 3 rings (SSSR count). The molecule has 1 aliphatic rings. The van der Waals surface area contributed by atoms with Crippen LogP contribution in [0.15, 0.2) is 36.5 Å². The van der Waals surface area contributed by atoms with E-state index in [2.05, 4.69) is 10.3 Å². The zero-order valence-corrected chi connectivity index (χ0v) is 10.4. The summed E-state index contributed by atoms with van der Waals surface area (Å²) in [5.74, 6) is 1.11. The summed E-state index contributed by atoms with van der Waals surface area (Å²) in [7, 11) is 1.84. The van der Waals surface area contributed by atoms with Gasteiger partial charge in [0.25, 0.3) is 0 Å². The normalized spacial score (nSPS) is 16.6. The summed E-state index contributed by atoms with van der Waals surface area (Å²) in [5.41, 5.74) is 0.702. The number of halogens is 1. The van der Waals surface area contributed by atoms with Crippen LogP contribution >= 0.6 is 0 Å². The molecule has 1 N–H and O–H groups in total. The molecule has 0 radical (unpaired) electrons. The monoisotopic (exact) mass is 260 g/mol. The Balaban J connectivity index is 2.09. The number of nitrogens with one attached hydrogen (secondary N) is 1. The van der Waals surface area contributed by atoms with Gasteiger partial charge < -0.3 is 14.8 Å². The van der Waals surface area contributed by atoms with Gasteiger partial charge in [-0.15, -0.1) is 0 Å². The minimum absolute atomic E-state index is 0.270. The van der Waals surface area contributed by atoms with Crippen LogP contribution in [0.5, 0.6) is 17.2 Å². The summed E-state index contributed by atoms with van der Waals surface area (Å²) < 4.78 is 24.9. The molecule has 0 bridgehead atoms. The van der Waals surface area contributed by atoms with E-state index in [0.717, 1.165) is 0 Å². The zero-order valence-electron chi connectivity index (χ0n) is 10.4. The second-order valence-electron chi connectivity index (χ2n) is 4.24. The van der Waals surface area contributed by atoms with E-state index < -0.39 is 0 Å². The highest BCUT2D eigenvalue weighted by Crippen LogP contribution is 2.40. The Morgan fingerprint density at radius 2 is 2.16 bits per heavy atom. The Hall–Kier alpha value is -2.14. The molecule has 19 heavy (non-hydrogen) atoms. The molecule has 4 nitrogen and oxygen atoms in total. The van der Waals surface area contributed by atoms with Gasteiger partial charge in [0.2, 0.25) is 0 Å². The van der Waals surface area contributed by atoms with Crippen LogP contribution in [-0.2, 0) is 0 Å². The molecule has 0 spiro atoms. The van der Waals surface area contributed by atoms with E-state index in [1.54, 1.807) is 24.4 Å². The first-order valence-electron chi connectivity index (χ1n) is 6.01. The Kier molecular flexibility index (Phi) is 3.05. The second kappa shape index (κ2) is 4.85. The summed E-state index contributed by atoms with van der Waals surface area (Å²) in [5, 5.41) is 3.05. The molecule has 98 valence electrons. The van der Waals surface area contributed by atoms with Crippen molar-refractivity contribution in [2.75, 3.05) is 13.6 Å². The number of likely N-dealkylation sites (N-methyl/N-ethyl adjacent to an activating group) is 1. The molecule has 0 fully saturated rings. The molecule has 1 aromatic heterocycles. The summed E-state index contributed by atoms with van der Waals surface area (Å²) in [6.45, 7) is 0.587. The van der Waals surface area contributed by atoms with Crippen LogP contribution in [-0.4, -0.2) is 18.6 Å². The van der Waals surface area contributed by atoms with Crippen molar-refractivity contribution in [2.24, 2.45) is 0 Å². The highest BCUT2D eigenvalue weighted by atomic mass is 19.1. The number of fused-ring (bicyclic) bond motifs is 2. The van der Waals surface area contributed by atoms with Crippen LogP contribution < -0.4 is 14.8 Å². The highest BCUT2D eigenvalue weighted by Gasteiger charge is 2.25. The molecule has 0 aliphatic carbocycles. The molecular formula is C14H13FN2O2. The third kappa shape index (κ3) is 2.24. The minimum Gasteiger partial charge on any atom is -0.479 e. The maximum absolute atomic E-state index is 13.3. The molecule has 1 aromatic carbocycles.